The average Bonchev–Trinajstić information content (AvgIpc) is 3.30. The summed E-state index contributed by atoms with van der Waals surface area (Å²) in [6.07, 6.45) is 0. The van der Waals surface area contributed by atoms with Gasteiger partial charge in [-0.3, -0.25) is 19.3 Å². The number of ketones is 1. The lowest BCUT2D eigenvalue weighted by atomic mass is 10.0. The SMILES string of the molecule is Cc1cc(C(=O)COC(=O)C(C(C)C)N2C(=O)c3ccccc3C2=O)c(C)n1-c1ccc(OC(F)F)cc1. The van der Waals surface area contributed by atoms with Crippen molar-refractivity contribution in [1.29, 1.82) is 0 Å². The van der Waals surface area contributed by atoms with Crippen LogP contribution in [0.3, 0.4) is 0 Å². The molecule has 4 rings (SSSR count). The first-order valence-electron chi connectivity index (χ1n) is 11.9. The Balaban J connectivity index is 1.49. The van der Waals surface area contributed by atoms with Gasteiger partial charge in [0.25, 0.3) is 11.8 Å². The first kappa shape index (κ1) is 26.7. The Morgan fingerprint density at radius 1 is 0.921 bits per heavy atom. The van der Waals surface area contributed by atoms with Crippen molar-refractivity contribution in [2.45, 2.75) is 40.3 Å². The van der Waals surface area contributed by atoms with Crippen molar-refractivity contribution in [3.8, 4) is 11.4 Å². The molecule has 0 saturated heterocycles. The van der Waals surface area contributed by atoms with Gasteiger partial charge in [-0.1, -0.05) is 26.0 Å². The molecule has 8 nitrogen and oxygen atoms in total. The van der Waals surface area contributed by atoms with Gasteiger partial charge in [0.2, 0.25) is 5.78 Å². The minimum absolute atomic E-state index is 0.00666. The Hall–Kier alpha value is -4.34. The van der Waals surface area contributed by atoms with Crippen LogP contribution < -0.4 is 4.74 Å². The number of esters is 1. The number of rotatable bonds is 9. The van der Waals surface area contributed by atoms with Crippen LogP contribution in [0.25, 0.3) is 5.69 Å². The molecular weight excluding hydrogens is 498 g/mol. The fourth-order valence-electron chi connectivity index (χ4n) is 4.66. The number of aromatic nitrogens is 1. The minimum atomic E-state index is -2.94. The Morgan fingerprint density at radius 2 is 1.50 bits per heavy atom. The maximum Gasteiger partial charge on any atom is 0.387 e. The third-order valence-electron chi connectivity index (χ3n) is 6.37. The number of halogens is 2. The van der Waals surface area contributed by atoms with Crippen molar-refractivity contribution in [3.63, 3.8) is 0 Å². The van der Waals surface area contributed by atoms with E-state index in [0.717, 1.165) is 4.90 Å². The van der Waals surface area contributed by atoms with E-state index in [1.54, 1.807) is 62.6 Å². The van der Waals surface area contributed by atoms with E-state index in [2.05, 4.69) is 4.74 Å². The number of hydrogen-bond donors (Lipinski definition) is 0. The van der Waals surface area contributed by atoms with Gasteiger partial charge in [-0.2, -0.15) is 8.78 Å². The maximum absolute atomic E-state index is 13.0. The quantitative estimate of drug-likeness (QED) is 0.228. The zero-order valence-corrected chi connectivity index (χ0v) is 21.2. The number of carbonyl (C=O) groups is 4. The highest BCUT2D eigenvalue weighted by atomic mass is 19.3. The van der Waals surface area contributed by atoms with Crippen molar-refractivity contribution in [3.05, 3.63) is 82.7 Å². The van der Waals surface area contributed by atoms with Gasteiger partial charge in [0, 0.05) is 22.6 Å². The molecule has 198 valence electrons. The number of aryl methyl sites for hydroxylation is 1. The maximum atomic E-state index is 13.0. The molecule has 1 aliphatic rings. The molecule has 0 saturated carbocycles. The molecule has 0 bridgehead atoms. The molecule has 1 aromatic heterocycles. The van der Waals surface area contributed by atoms with Gasteiger partial charge in [0.1, 0.15) is 11.8 Å². The van der Waals surface area contributed by atoms with Gasteiger partial charge >= 0.3 is 12.6 Å². The van der Waals surface area contributed by atoms with E-state index in [-0.39, 0.29) is 16.9 Å². The van der Waals surface area contributed by atoms with Gasteiger partial charge < -0.3 is 14.0 Å². The number of Topliss-reactive ketones (excluding diaryl/α,β-unsaturated/α-hetero) is 1. The number of amides is 2. The van der Waals surface area contributed by atoms with Crippen LogP contribution >= 0.6 is 0 Å². The molecule has 3 aromatic rings. The molecule has 38 heavy (non-hydrogen) atoms. The molecule has 1 aliphatic heterocycles. The smallest absolute Gasteiger partial charge is 0.387 e. The highest BCUT2D eigenvalue weighted by molar-refractivity contribution is 6.22. The predicted molar refractivity (Wildman–Crippen MR) is 133 cm³/mol. The zero-order chi connectivity index (χ0) is 27.7. The molecule has 0 aliphatic carbocycles. The second kappa shape index (κ2) is 10.6. The van der Waals surface area contributed by atoms with E-state index in [4.69, 9.17) is 4.74 Å². The zero-order valence-electron chi connectivity index (χ0n) is 21.2. The summed E-state index contributed by atoms with van der Waals surface area (Å²) in [4.78, 5) is 52.8. The highest BCUT2D eigenvalue weighted by Gasteiger charge is 2.44. The lowest BCUT2D eigenvalue weighted by Crippen LogP contribution is -2.49. The predicted octanol–water partition coefficient (Wildman–Crippen LogP) is 4.74. The number of nitrogens with zero attached hydrogens (tertiary/aromatic N) is 2. The Morgan fingerprint density at radius 3 is 2.03 bits per heavy atom. The molecule has 0 N–H and O–H groups in total. The summed E-state index contributed by atoms with van der Waals surface area (Å²) in [5, 5.41) is 0. The molecule has 1 atom stereocenters. The topological polar surface area (TPSA) is 94.9 Å². The third kappa shape index (κ3) is 4.93. The number of hydrogen-bond acceptors (Lipinski definition) is 6. The van der Waals surface area contributed by atoms with E-state index in [1.807, 2.05) is 0 Å². The van der Waals surface area contributed by atoms with Gasteiger partial charge in [0.15, 0.2) is 6.61 Å². The van der Waals surface area contributed by atoms with Crippen LogP contribution in [0.15, 0.2) is 54.6 Å². The number of alkyl halides is 2. The van der Waals surface area contributed by atoms with Gasteiger partial charge in [-0.05, 0) is 62.2 Å². The molecule has 1 unspecified atom stereocenters. The summed E-state index contributed by atoms with van der Waals surface area (Å²) < 4.78 is 36.3. The minimum Gasteiger partial charge on any atom is -0.456 e. The van der Waals surface area contributed by atoms with E-state index >= 15 is 0 Å². The highest BCUT2D eigenvalue weighted by Crippen LogP contribution is 2.28. The van der Waals surface area contributed by atoms with Crippen LogP contribution in [0.4, 0.5) is 8.78 Å². The van der Waals surface area contributed by atoms with E-state index < -0.39 is 48.7 Å². The number of fused-ring (bicyclic) bond motifs is 1. The molecule has 2 amide bonds. The number of ether oxygens (including phenoxy) is 2. The molecule has 0 radical (unpaired) electrons. The summed E-state index contributed by atoms with van der Waals surface area (Å²) in [5.41, 5.74) is 2.63. The molecule has 0 fully saturated rings. The fraction of sp³-hybridized carbons (Fsp3) is 0.286. The third-order valence-corrected chi connectivity index (χ3v) is 6.37. The second-order valence-corrected chi connectivity index (χ2v) is 9.24. The Labute approximate surface area is 217 Å². The van der Waals surface area contributed by atoms with Crippen molar-refractivity contribution in [1.82, 2.24) is 9.47 Å². The molecule has 10 heteroatoms. The standard InChI is InChI=1S/C28H26F2N2O6/c1-15(2)24(32-25(34)20-7-5-6-8-21(20)26(32)35)27(36)37-14-23(33)22-13-16(3)31(17(22)4)18-9-11-19(12-10-18)38-28(29)30/h5-13,15,24,28H,14H2,1-4H3. The fourth-order valence-corrected chi connectivity index (χ4v) is 4.66. The largest absolute Gasteiger partial charge is 0.456 e. The van der Waals surface area contributed by atoms with E-state index in [1.165, 1.54) is 24.3 Å². The van der Waals surface area contributed by atoms with E-state index in [9.17, 15) is 28.0 Å². The van der Waals surface area contributed by atoms with Gasteiger partial charge in [-0.25, -0.2) is 4.79 Å². The Kier molecular flexibility index (Phi) is 7.43. The molecule has 0 spiro atoms. The normalized spacial score (nSPS) is 13.7. The lowest BCUT2D eigenvalue weighted by Gasteiger charge is -2.27. The van der Waals surface area contributed by atoms with Crippen LogP contribution in [0.2, 0.25) is 0 Å². The van der Waals surface area contributed by atoms with Gasteiger partial charge in [0.05, 0.1) is 11.1 Å². The van der Waals surface area contributed by atoms with Crippen molar-refractivity contribution >= 4 is 23.6 Å². The number of imide groups is 1. The Bertz CT molecular complexity index is 1380. The van der Waals surface area contributed by atoms with Crippen molar-refractivity contribution in [2.24, 2.45) is 5.92 Å². The lowest BCUT2D eigenvalue weighted by molar-refractivity contribution is -0.148. The van der Waals surface area contributed by atoms with Crippen LogP contribution in [-0.4, -0.2) is 52.3 Å². The summed E-state index contributed by atoms with van der Waals surface area (Å²) in [6, 6.07) is 12.7. The summed E-state index contributed by atoms with van der Waals surface area (Å²) in [7, 11) is 0. The van der Waals surface area contributed by atoms with Crippen LogP contribution in [0, 0.1) is 19.8 Å². The molecule has 2 heterocycles. The average molecular weight is 525 g/mol. The second-order valence-electron chi connectivity index (χ2n) is 9.24. The summed E-state index contributed by atoms with van der Waals surface area (Å²) in [6.45, 7) is 3.33. The van der Waals surface area contributed by atoms with Gasteiger partial charge in [-0.15, -0.1) is 0 Å². The van der Waals surface area contributed by atoms with E-state index in [0.29, 0.717) is 22.6 Å². The van der Waals surface area contributed by atoms with Crippen LogP contribution in [-0.2, 0) is 9.53 Å². The monoisotopic (exact) mass is 524 g/mol. The molecular formula is C28H26F2N2O6. The first-order valence-corrected chi connectivity index (χ1v) is 11.9. The number of benzene rings is 2. The first-order chi connectivity index (χ1) is 18.0. The summed E-state index contributed by atoms with van der Waals surface area (Å²) >= 11 is 0. The van der Waals surface area contributed by atoms with Crippen molar-refractivity contribution in [2.75, 3.05) is 6.61 Å². The van der Waals surface area contributed by atoms with Crippen molar-refractivity contribution < 1.29 is 37.4 Å². The van der Waals surface area contributed by atoms with Crippen LogP contribution in [0.5, 0.6) is 5.75 Å². The van der Waals surface area contributed by atoms with Crippen LogP contribution in [0.1, 0.15) is 56.3 Å². The molecule has 2 aromatic carbocycles. The number of carbonyl (C=O) groups excluding carboxylic acids is 4. The summed E-state index contributed by atoms with van der Waals surface area (Å²) in [5.74, 6) is -2.94.